The highest BCUT2D eigenvalue weighted by molar-refractivity contribution is 5.53. The Kier molecular flexibility index (Phi) is 7.49. The molecule has 2 aromatic carbocycles. The lowest BCUT2D eigenvalue weighted by Gasteiger charge is -2.44. The van der Waals surface area contributed by atoms with Crippen molar-refractivity contribution >= 4 is 5.69 Å². The molecule has 0 aliphatic carbocycles. The number of para-hydroxylation sites is 1. The number of piperidine rings is 1. The van der Waals surface area contributed by atoms with Crippen molar-refractivity contribution in [2.45, 2.75) is 45.9 Å². The number of ether oxygens (including phenoxy) is 1. The summed E-state index contributed by atoms with van der Waals surface area (Å²) >= 11 is 0. The van der Waals surface area contributed by atoms with Crippen LogP contribution < -0.4 is 9.64 Å². The molecule has 5 heteroatoms. The Bertz CT molecular complexity index is 848. The van der Waals surface area contributed by atoms with E-state index in [0.29, 0.717) is 12.6 Å². The van der Waals surface area contributed by atoms with E-state index in [1.807, 2.05) is 13.0 Å². The smallest absolute Gasteiger partial charge is 0.124 e. The molecule has 0 spiro atoms. The minimum Gasteiger partial charge on any atom is -0.494 e. The average Bonchev–Trinajstić information content (AvgIpc) is 2.81. The third-order valence-corrected chi connectivity index (χ3v) is 6.77. The zero-order valence-corrected chi connectivity index (χ0v) is 19.1. The van der Waals surface area contributed by atoms with Gasteiger partial charge in [0.05, 0.1) is 13.2 Å². The van der Waals surface area contributed by atoms with E-state index in [1.54, 1.807) is 0 Å². The predicted octanol–water partition coefficient (Wildman–Crippen LogP) is 3.67. The molecule has 0 radical (unpaired) electrons. The van der Waals surface area contributed by atoms with Crippen molar-refractivity contribution < 1.29 is 9.84 Å². The van der Waals surface area contributed by atoms with Gasteiger partial charge in [-0.2, -0.15) is 0 Å². The van der Waals surface area contributed by atoms with E-state index in [4.69, 9.17) is 4.74 Å². The lowest BCUT2D eigenvalue weighted by atomic mass is 10.0. The van der Waals surface area contributed by atoms with Gasteiger partial charge in [0.25, 0.3) is 0 Å². The Balaban J connectivity index is 1.32. The molecule has 2 saturated heterocycles. The summed E-state index contributed by atoms with van der Waals surface area (Å²) in [5.41, 5.74) is 4.91. The molecule has 2 aliphatic heterocycles. The van der Waals surface area contributed by atoms with Crippen LogP contribution in [0.5, 0.6) is 5.75 Å². The Morgan fingerprint density at radius 2 is 1.84 bits per heavy atom. The van der Waals surface area contributed by atoms with Crippen molar-refractivity contribution in [3.63, 3.8) is 0 Å². The Morgan fingerprint density at radius 1 is 1.03 bits per heavy atom. The zero-order chi connectivity index (χ0) is 21.6. The van der Waals surface area contributed by atoms with Crippen molar-refractivity contribution in [1.29, 1.82) is 0 Å². The predicted molar refractivity (Wildman–Crippen MR) is 127 cm³/mol. The fraction of sp³-hybridized carbons (Fsp3) is 0.538. The lowest BCUT2D eigenvalue weighted by Crippen LogP contribution is -2.55. The number of hydrogen-bond acceptors (Lipinski definition) is 5. The van der Waals surface area contributed by atoms with Gasteiger partial charge in [0, 0.05) is 56.6 Å². The van der Waals surface area contributed by atoms with Crippen LogP contribution >= 0.6 is 0 Å². The van der Waals surface area contributed by atoms with Crippen LogP contribution in [0.15, 0.2) is 42.5 Å². The van der Waals surface area contributed by atoms with Crippen molar-refractivity contribution in [2.24, 2.45) is 0 Å². The second-order valence-corrected chi connectivity index (χ2v) is 8.87. The van der Waals surface area contributed by atoms with Crippen molar-refractivity contribution in [1.82, 2.24) is 9.80 Å². The maximum Gasteiger partial charge on any atom is 0.124 e. The third kappa shape index (κ3) is 5.40. The molecule has 0 amide bonds. The summed E-state index contributed by atoms with van der Waals surface area (Å²) in [7, 11) is 0. The molecular weight excluding hydrogens is 386 g/mol. The van der Waals surface area contributed by atoms with Gasteiger partial charge < -0.3 is 14.7 Å². The summed E-state index contributed by atoms with van der Waals surface area (Å²) in [5, 5.41) is 9.70. The summed E-state index contributed by atoms with van der Waals surface area (Å²) in [6, 6.07) is 15.7. The summed E-state index contributed by atoms with van der Waals surface area (Å²) in [6.07, 6.45) is 2.55. The van der Waals surface area contributed by atoms with Gasteiger partial charge >= 0.3 is 0 Å². The second-order valence-electron chi connectivity index (χ2n) is 8.87. The normalized spacial score (nSPS) is 20.7. The second kappa shape index (κ2) is 10.5. The highest BCUT2D eigenvalue weighted by atomic mass is 16.5. The van der Waals surface area contributed by atoms with Gasteiger partial charge in [-0.25, -0.2) is 0 Å². The van der Waals surface area contributed by atoms with Crippen LogP contribution in [0.1, 0.15) is 36.5 Å². The first-order chi connectivity index (χ1) is 15.2. The van der Waals surface area contributed by atoms with Gasteiger partial charge in [-0.05, 0) is 62.6 Å². The Labute approximate surface area is 187 Å². The molecule has 2 fully saturated rings. The van der Waals surface area contributed by atoms with Gasteiger partial charge in [0.2, 0.25) is 0 Å². The van der Waals surface area contributed by atoms with Crippen LogP contribution in [0.25, 0.3) is 0 Å². The number of aliphatic hydroxyl groups is 1. The van der Waals surface area contributed by atoms with Crippen LogP contribution in [-0.4, -0.2) is 66.8 Å². The SMILES string of the molecule is CCOc1ccc(CN2CCCC(N3CCN(c4ccccc4C)CC3)C2)cc1CO. The van der Waals surface area contributed by atoms with Crippen LogP contribution in [-0.2, 0) is 13.2 Å². The molecule has 31 heavy (non-hydrogen) atoms. The van der Waals surface area contributed by atoms with Gasteiger partial charge in [0.15, 0.2) is 0 Å². The molecule has 1 N–H and O–H groups in total. The summed E-state index contributed by atoms with van der Waals surface area (Å²) < 4.78 is 5.63. The highest BCUT2D eigenvalue weighted by Gasteiger charge is 2.28. The van der Waals surface area contributed by atoms with Gasteiger partial charge in [-0.3, -0.25) is 9.80 Å². The molecule has 2 aliphatic rings. The maximum absolute atomic E-state index is 9.70. The van der Waals surface area contributed by atoms with Crippen LogP contribution in [0.4, 0.5) is 5.69 Å². The number of nitrogens with zero attached hydrogens (tertiary/aromatic N) is 3. The number of aliphatic hydroxyl groups excluding tert-OH is 1. The average molecular weight is 424 g/mol. The Morgan fingerprint density at radius 3 is 2.58 bits per heavy atom. The largest absolute Gasteiger partial charge is 0.494 e. The monoisotopic (exact) mass is 423 g/mol. The lowest BCUT2D eigenvalue weighted by molar-refractivity contribution is 0.0887. The number of likely N-dealkylation sites (tertiary alicyclic amines) is 1. The van der Waals surface area contributed by atoms with Crippen LogP contribution in [0.2, 0.25) is 0 Å². The number of piperazine rings is 1. The van der Waals surface area contributed by atoms with Crippen molar-refractivity contribution in [2.75, 3.05) is 50.8 Å². The van der Waals surface area contributed by atoms with Crippen molar-refractivity contribution in [3.05, 3.63) is 59.2 Å². The summed E-state index contributed by atoms with van der Waals surface area (Å²) in [5.74, 6) is 0.803. The molecule has 5 nitrogen and oxygen atoms in total. The molecule has 1 atom stereocenters. The first kappa shape index (κ1) is 22.1. The van der Waals surface area contributed by atoms with Crippen LogP contribution in [0, 0.1) is 6.92 Å². The van der Waals surface area contributed by atoms with E-state index in [2.05, 4.69) is 58.0 Å². The molecule has 168 valence electrons. The molecule has 1 unspecified atom stereocenters. The first-order valence-corrected chi connectivity index (χ1v) is 11.8. The minimum atomic E-state index is 0.0248. The van der Waals surface area contributed by atoms with Gasteiger partial charge in [-0.1, -0.05) is 24.3 Å². The topological polar surface area (TPSA) is 39.2 Å². The number of aryl methyl sites for hydroxylation is 1. The van der Waals surface area contributed by atoms with Crippen molar-refractivity contribution in [3.8, 4) is 5.75 Å². The van der Waals surface area contributed by atoms with E-state index in [1.165, 1.54) is 29.7 Å². The number of anilines is 1. The summed E-state index contributed by atoms with van der Waals surface area (Å²) in [6.45, 7) is 12.6. The number of benzene rings is 2. The standard InChI is InChI=1S/C26H37N3O2/c1-3-31-26-11-10-22(17-23(26)20-30)18-27-12-6-8-24(19-27)28-13-15-29(16-14-28)25-9-5-4-7-21(25)2/h4-5,7,9-11,17,24,30H,3,6,8,12-16,18-20H2,1-2H3. The molecule has 2 heterocycles. The first-order valence-electron chi connectivity index (χ1n) is 11.8. The fourth-order valence-corrected chi connectivity index (χ4v) is 5.13. The van der Waals surface area contributed by atoms with Gasteiger partial charge in [-0.15, -0.1) is 0 Å². The van der Waals surface area contributed by atoms with E-state index >= 15 is 0 Å². The van der Waals surface area contributed by atoms with Crippen LogP contribution in [0.3, 0.4) is 0 Å². The molecule has 2 aromatic rings. The summed E-state index contributed by atoms with van der Waals surface area (Å²) in [4.78, 5) is 7.83. The fourth-order valence-electron chi connectivity index (χ4n) is 5.13. The molecular formula is C26H37N3O2. The number of rotatable bonds is 7. The van der Waals surface area contributed by atoms with E-state index in [0.717, 1.165) is 57.1 Å². The maximum atomic E-state index is 9.70. The zero-order valence-electron chi connectivity index (χ0n) is 19.1. The van der Waals surface area contributed by atoms with E-state index < -0.39 is 0 Å². The minimum absolute atomic E-state index is 0.0248. The van der Waals surface area contributed by atoms with E-state index in [9.17, 15) is 5.11 Å². The number of hydrogen-bond donors (Lipinski definition) is 1. The van der Waals surface area contributed by atoms with E-state index in [-0.39, 0.29) is 6.61 Å². The molecule has 4 rings (SSSR count). The quantitative estimate of drug-likeness (QED) is 0.736. The third-order valence-electron chi connectivity index (χ3n) is 6.77. The molecule has 0 aromatic heterocycles. The molecule has 0 saturated carbocycles. The highest BCUT2D eigenvalue weighted by Crippen LogP contribution is 2.25. The molecule has 0 bridgehead atoms. The van der Waals surface area contributed by atoms with Gasteiger partial charge in [0.1, 0.15) is 5.75 Å². The Hall–Kier alpha value is -2.08.